The molecule has 0 aromatic heterocycles. The number of amides is 1. The van der Waals surface area contributed by atoms with E-state index < -0.39 is 5.91 Å². The van der Waals surface area contributed by atoms with Gasteiger partial charge in [-0.2, -0.15) is 0 Å². The second-order valence-electron chi connectivity index (χ2n) is 4.00. The summed E-state index contributed by atoms with van der Waals surface area (Å²) in [4.78, 5) is 11.1. The molecule has 0 unspecified atom stereocenters. The minimum Gasteiger partial charge on any atom is -0.398 e. The summed E-state index contributed by atoms with van der Waals surface area (Å²) in [5.41, 5.74) is 14.2. The first-order valence-corrected chi connectivity index (χ1v) is 5.64. The third kappa shape index (κ3) is 2.79. The number of carbonyl (C=O) groups is 1. The van der Waals surface area contributed by atoms with Crippen molar-refractivity contribution < 1.29 is 4.79 Å². The van der Waals surface area contributed by atoms with Gasteiger partial charge in [-0.3, -0.25) is 4.79 Å². The van der Waals surface area contributed by atoms with Crippen molar-refractivity contribution in [2.45, 2.75) is 6.54 Å². The molecular weight excluding hydrogens is 226 g/mol. The average molecular weight is 241 g/mol. The van der Waals surface area contributed by atoms with Crippen LogP contribution in [0.5, 0.6) is 0 Å². The van der Waals surface area contributed by atoms with Gasteiger partial charge >= 0.3 is 0 Å². The lowest BCUT2D eigenvalue weighted by Gasteiger charge is -2.09. The van der Waals surface area contributed by atoms with E-state index in [-0.39, 0.29) is 0 Å². The number of carbonyl (C=O) groups excluding carboxylic acids is 1. The van der Waals surface area contributed by atoms with Crippen LogP contribution in [0.1, 0.15) is 15.9 Å². The van der Waals surface area contributed by atoms with Gasteiger partial charge in [-0.25, -0.2) is 0 Å². The molecule has 1 amide bonds. The molecule has 4 heteroatoms. The molecule has 5 N–H and O–H groups in total. The monoisotopic (exact) mass is 241 g/mol. The van der Waals surface area contributed by atoms with Crippen LogP contribution in [0, 0.1) is 0 Å². The zero-order valence-electron chi connectivity index (χ0n) is 9.89. The molecule has 0 saturated carbocycles. The Balaban J connectivity index is 2.09. The Kier molecular flexibility index (Phi) is 3.48. The molecule has 0 aliphatic carbocycles. The van der Waals surface area contributed by atoms with Crippen LogP contribution in [0.3, 0.4) is 0 Å². The van der Waals surface area contributed by atoms with Crippen molar-refractivity contribution in [1.82, 2.24) is 0 Å². The van der Waals surface area contributed by atoms with Crippen molar-refractivity contribution in [3.8, 4) is 0 Å². The summed E-state index contributed by atoms with van der Waals surface area (Å²) in [5.74, 6) is -0.433. The van der Waals surface area contributed by atoms with Crippen molar-refractivity contribution in [3.63, 3.8) is 0 Å². The van der Waals surface area contributed by atoms with E-state index in [0.29, 0.717) is 12.1 Å². The van der Waals surface area contributed by atoms with Crippen molar-refractivity contribution in [2.75, 3.05) is 11.1 Å². The molecule has 18 heavy (non-hydrogen) atoms. The number of rotatable bonds is 4. The van der Waals surface area contributed by atoms with Crippen LogP contribution in [0.15, 0.2) is 48.5 Å². The predicted octanol–water partition coefficient (Wildman–Crippen LogP) is 1.98. The molecule has 0 spiro atoms. The summed E-state index contributed by atoms with van der Waals surface area (Å²) in [6, 6.07) is 14.7. The molecule has 0 aliphatic rings. The first-order chi connectivity index (χ1) is 8.66. The van der Waals surface area contributed by atoms with Gasteiger partial charge in [0.05, 0.1) is 0 Å². The molecule has 0 bridgehead atoms. The Morgan fingerprint density at radius 3 is 2.61 bits per heavy atom. The Bertz CT molecular complexity index is 566. The number of nitrogens with one attached hydrogen (secondary N) is 1. The van der Waals surface area contributed by atoms with Gasteiger partial charge in [-0.1, -0.05) is 24.3 Å². The number of hydrogen-bond acceptors (Lipinski definition) is 3. The van der Waals surface area contributed by atoms with Crippen molar-refractivity contribution in [2.24, 2.45) is 5.73 Å². The highest BCUT2D eigenvalue weighted by molar-refractivity contribution is 5.93. The smallest absolute Gasteiger partial charge is 0.248 e. The summed E-state index contributed by atoms with van der Waals surface area (Å²) < 4.78 is 0. The predicted molar refractivity (Wildman–Crippen MR) is 73.1 cm³/mol. The third-order valence-corrected chi connectivity index (χ3v) is 2.69. The quantitative estimate of drug-likeness (QED) is 0.716. The van der Waals surface area contributed by atoms with Gasteiger partial charge in [0, 0.05) is 23.5 Å². The highest BCUT2D eigenvalue weighted by Crippen LogP contribution is 2.15. The molecule has 0 atom stereocenters. The summed E-state index contributed by atoms with van der Waals surface area (Å²) in [6.45, 7) is 0.606. The molecule has 4 nitrogen and oxygen atoms in total. The summed E-state index contributed by atoms with van der Waals surface area (Å²) in [7, 11) is 0. The van der Waals surface area contributed by atoms with Gasteiger partial charge < -0.3 is 16.8 Å². The molecule has 0 saturated heterocycles. The third-order valence-electron chi connectivity index (χ3n) is 2.69. The molecule has 2 rings (SSSR count). The van der Waals surface area contributed by atoms with Gasteiger partial charge in [0.25, 0.3) is 0 Å². The zero-order chi connectivity index (χ0) is 13.0. The number of nitrogens with two attached hydrogens (primary N) is 2. The molecule has 0 aliphatic heterocycles. The zero-order valence-corrected chi connectivity index (χ0v) is 9.89. The van der Waals surface area contributed by atoms with Crippen LogP contribution in [0.25, 0.3) is 0 Å². The average Bonchev–Trinajstić information content (AvgIpc) is 2.38. The van der Waals surface area contributed by atoms with Crippen LogP contribution < -0.4 is 16.8 Å². The summed E-state index contributed by atoms with van der Waals surface area (Å²) >= 11 is 0. The Labute approximate surface area is 106 Å². The molecular formula is C14H15N3O. The van der Waals surface area contributed by atoms with E-state index in [9.17, 15) is 4.79 Å². The lowest BCUT2D eigenvalue weighted by Crippen LogP contribution is -2.11. The Morgan fingerprint density at radius 2 is 1.89 bits per heavy atom. The van der Waals surface area contributed by atoms with E-state index in [0.717, 1.165) is 16.9 Å². The van der Waals surface area contributed by atoms with E-state index in [4.69, 9.17) is 11.5 Å². The SMILES string of the molecule is NC(=O)c1cccc(NCc2ccccc2N)c1. The fraction of sp³-hybridized carbons (Fsp3) is 0.0714. The minimum atomic E-state index is -0.433. The Morgan fingerprint density at radius 1 is 1.11 bits per heavy atom. The van der Waals surface area contributed by atoms with E-state index in [1.807, 2.05) is 30.3 Å². The lowest BCUT2D eigenvalue weighted by atomic mass is 10.1. The van der Waals surface area contributed by atoms with Crippen molar-refractivity contribution in [3.05, 3.63) is 59.7 Å². The maximum Gasteiger partial charge on any atom is 0.248 e. The van der Waals surface area contributed by atoms with Crippen LogP contribution in [-0.4, -0.2) is 5.91 Å². The second kappa shape index (κ2) is 5.23. The second-order valence-corrected chi connectivity index (χ2v) is 4.00. The maximum atomic E-state index is 11.1. The maximum absolute atomic E-state index is 11.1. The normalized spacial score (nSPS) is 10.0. The number of nitrogen functional groups attached to an aromatic ring is 1. The van der Waals surface area contributed by atoms with Crippen molar-refractivity contribution >= 4 is 17.3 Å². The van der Waals surface area contributed by atoms with E-state index >= 15 is 0 Å². The first kappa shape index (κ1) is 12.0. The standard InChI is InChI=1S/C14H15N3O/c15-13-7-2-1-4-11(13)9-17-12-6-3-5-10(8-12)14(16)18/h1-8,17H,9,15H2,(H2,16,18). The fourth-order valence-corrected chi connectivity index (χ4v) is 1.67. The molecule has 2 aromatic rings. The van der Waals surface area contributed by atoms with Crippen LogP contribution in [0.4, 0.5) is 11.4 Å². The highest BCUT2D eigenvalue weighted by atomic mass is 16.1. The molecule has 0 radical (unpaired) electrons. The highest BCUT2D eigenvalue weighted by Gasteiger charge is 2.02. The Hall–Kier alpha value is -2.49. The molecule has 2 aromatic carbocycles. The number of para-hydroxylation sites is 1. The van der Waals surface area contributed by atoms with Crippen LogP contribution in [0.2, 0.25) is 0 Å². The van der Waals surface area contributed by atoms with E-state index in [1.165, 1.54) is 0 Å². The van der Waals surface area contributed by atoms with Gasteiger partial charge in [-0.15, -0.1) is 0 Å². The number of primary amides is 1. The largest absolute Gasteiger partial charge is 0.398 e. The minimum absolute atomic E-state index is 0.433. The number of anilines is 2. The lowest BCUT2D eigenvalue weighted by molar-refractivity contribution is 0.100. The van der Waals surface area contributed by atoms with Crippen molar-refractivity contribution in [1.29, 1.82) is 0 Å². The van der Waals surface area contributed by atoms with Crippen LogP contribution in [-0.2, 0) is 6.54 Å². The van der Waals surface area contributed by atoms with Crippen LogP contribution >= 0.6 is 0 Å². The summed E-state index contributed by atoms with van der Waals surface area (Å²) in [6.07, 6.45) is 0. The van der Waals surface area contributed by atoms with Gasteiger partial charge in [0.15, 0.2) is 0 Å². The summed E-state index contributed by atoms with van der Waals surface area (Å²) in [5, 5.41) is 3.21. The molecule has 92 valence electrons. The van der Waals surface area contributed by atoms with Gasteiger partial charge in [0.1, 0.15) is 0 Å². The van der Waals surface area contributed by atoms with E-state index in [2.05, 4.69) is 5.32 Å². The first-order valence-electron chi connectivity index (χ1n) is 5.64. The van der Waals surface area contributed by atoms with E-state index in [1.54, 1.807) is 18.2 Å². The molecule has 0 heterocycles. The topological polar surface area (TPSA) is 81.1 Å². The van der Waals surface area contributed by atoms with Gasteiger partial charge in [-0.05, 0) is 29.8 Å². The molecule has 0 fully saturated rings. The van der Waals surface area contributed by atoms with Gasteiger partial charge in [0.2, 0.25) is 5.91 Å². The number of benzene rings is 2. The number of hydrogen-bond donors (Lipinski definition) is 3. The fourth-order valence-electron chi connectivity index (χ4n) is 1.67.